The molecule has 1 fully saturated rings. The molecule has 2 heterocycles. The zero-order valence-corrected chi connectivity index (χ0v) is 11.5. The van der Waals surface area contributed by atoms with Crippen LogP contribution < -0.4 is 0 Å². The lowest BCUT2D eigenvalue weighted by molar-refractivity contribution is 0.131. The molecule has 1 aliphatic heterocycles. The zero-order valence-electron chi connectivity index (χ0n) is 11.5. The van der Waals surface area contributed by atoms with Gasteiger partial charge in [-0.3, -0.25) is 4.90 Å². The maximum atomic E-state index is 9.40. The van der Waals surface area contributed by atoms with Gasteiger partial charge in [-0.25, -0.2) is 0 Å². The van der Waals surface area contributed by atoms with Gasteiger partial charge in [-0.2, -0.15) is 4.98 Å². The Morgan fingerprint density at radius 2 is 2.28 bits per heavy atom. The van der Waals surface area contributed by atoms with E-state index in [9.17, 15) is 5.11 Å². The molecular weight excluding hydrogens is 230 g/mol. The molecule has 0 saturated carbocycles. The van der Waals surface area contributed by atoms with Crippen LogP contribution in [0.2, 0.25) is 0 Å². The summed E-state index contributed by atoms with van der Waals surface area (Å²) in [5.41, 5.74) is 0. The molecule has 5 heteroatoms. The van der Waals surface area contributed by atoms with Gasteiger partial charge in [0.15, 0.2) is 5.82 Å². The van der Waals surface area contributed by atoms with Gasteiger partial charge >= 0.3 is 0 Å². The molecule has 1 N–H and O–H groups in total. The number of likely N-dealkylation sites (tertiary alicyclic amines) is 1. The van der Waals surface area contributed by atoms with Gasteiger partial charge in [-0.15, -0.1) is 0 Å². The Hall–Kier alpha value is -0.940. The van der Waals surface area contributed by atoms with Crippen LogP contribution in [0, 0.1) is 11.8 Å². The maximum absolute atomic E-state index is 9.40. The highest BCUT2D eigenvalue weighted by Crippen LogP contribution is 2.24. The topological polar surface area (TPSA) is 62.4 Å². The number of rotatable bonds is 5. The van der Waals surface area contributed by atoms with E-state index in [1.165, 1.54) is 0 Å². The lowest BCUT2D eigenvalue weighted by Gasteiger charge is -2.23. The lowest BCUT2D eigenvalue weighted by Crippen LogP contribution is -2.34. The van der Waals surface area contributed by atoms with Crippen molar-refractivity contribution in [2.75, 3.05) is 13.2 Å². The van der Waals surface area contributed by atoms with Crippen LogP contribution in [0.3, 0.4) is 0 Å². The van der Waals surface area contributed by atoms with Crippen molar-refractivity contribution < 1.29 is 9.63 Å². The molecule has 0 aliphatic carbocycles. The van der Waals surface area contributed by atoms with Crippen LogP contribution in [0.4, 0.5) is 0 Å². The summed E-state index contributed by atoms with van der Waals surface area (Å²) in [6.07, 6.45) is 1.95. The van der Waals surface area contributed by atoms with Crippen LogP contribution >= 0.6 is 0 Å². The largest absolute Gasteiger partial charge is 0.395 e. The molecule has 0 amide bonds. The molecule has 18 heavy (non-hydrogen) atoms. The SMILES string of the molecule is CC(C)Cc1nc(CN2CCC(C)C2CO)no1. The quantitative estimate of drug-likeness (QED) is 0.861. The second-order valence-corrected chi connectivity index (χ2v) is 5.69. The first-order valence-corrected chi connectivity index (χ1v) is 6.76. The van der Waals surface area contributed by atoms with E-state index in [2.05, 4.69) is 35.8 Å². The summed E-state index contributed by atoms with van der Waals surface area (Å²) in [5, 5.41) is 13.4. The molecule has 1 aromatic rings. The van der Waals surface area contributed by atoms with Crippen LogP contribution in [-0.2, 0) is 13.0 Å². The minimum Gasteiger partial charge on any atom is -0.395 e. The van der Waals surface area contributed by atoms with Gasteiger partial charge in [0.1, 0.15) is 0 Å². The highest BCUT2D eigenvalue weighted by atomic mass is 16.5. The summed E-state index contributed by atoms with van der Waals surface area (Å²) < 4.78 is 5.23. The summed E-state index contributed by atoms with van der Waals surface area (Å²) >= 11 is 0. The lowest BCUT2D eigenvalue weighted by atomic mass is 10.0. The van der Waals surface area contributed by atoms with E-state index < -0.39 is 0 Å². The summed E-state index contributed by atoms with van der Waals surface area (Å²) in [5.74, 6) is 2.51. The minimum absolute atomic E-state index is 0.206. The maximum Gasteiger partial charge on any atom is 0.226 e. The summed E-state index contributed by atoms with van der Waals surface area (Å²) in [6, 6.07) is 0.233. The van der Waals surface area contributed by atoms with Crippen molar-refractivity contribution in [3.63, 3.8) is 0 Å². The monoisotopic (exact) mass is 253 g/mol. The number of aromatic nitrogens is 2. The van der Waals surface area contributed by atoms with Crippen LogP contribution in [0.5, 0.6) is 0 Å². The molecule has 1 aromatic heterocycles. The van der Waals surface area contributed by atoms with Gasteiger partial charge in [0.25, 0.3) is 0 Å². The molecule has 2 atom stereocenters. The fourth-order valence-corrected chi connectivity index (χ4v) is 2.55. The van der Waals surface area contributed by atoms with Crippen molar-refractivity contribution >= 4 is 0 Å². The molecule has 0 radical (unpaired) electrons. The van der Waals surface area contributed by atoms with Crippen LogP contribution in [0.15, 0.2) is 4.52 Å². The number of hydrogen-bond acceptors (Lipinski definition) is 5. The first-order valence-electron chi connectivity index (χ1n) is 6.76. The molecule has 2 unspecified atom stereocenters. The highest BCUT2D eigenvalue weighted by Gasteiger charge is 2.31. The van der Waals surface area contributed by atoms with E-state index >= 15 is 0 Å². The molecule has 0 spiro atoms. The van der Waals surface area contributed by atoms with Crippen LogP contribution in [0.25, 0.3) is 0 Å². The first kappa shape index (κ1) is 13.5. The van der Waals surface area contributed by atoms with Crippen molar-refractivity contribution in [3.05, 3.63) is 11.7 Å². The van der Waals surface area contributed by atoms with E-state index in [0.717, 1.165) is 25.2 Å². The third-order valence-electron chi connectivity index (χ3n) is 3.62. The van der Waals surface area contributed by atoms with Gasteiger partial charge < -0.3 is 9.63 Å². The number of aliphatic hydroxyl groups excluding tert-OH is 1. The third-order valence-corrected chi connectivity index (χ3v) is 3.62. The van der Waals surface area contributed by atoms with E-state index in [0.29, 0.717) is 24.3 Å². The Labute approximate surface area is 108 Å². The number of hydrogen-bond donors (Lipinski definition) is 1. The van der Waals surface area contributed by atoms with E-state index in [1.807, 2.05) is 0 Å². The normalized spacial score (nSPS) is 25.2. The van der Waals surface area contributed by atoms with Crippen molar-refractivity contribution in [2.24, 2.45) is 11.8 Å². The Bertz CT molecular complexity index is 378. The molecule has 0 aromatic carbocycles. The third kappa shape index (κ3) is 3.09. The molecule has 1 saturated heterocycles. The van der Waals surface area contributed by atoms with Gasteiger partial charge in [0.05, 0.1) is 13.2 Å². The van der Waals surface area contributed by atoms with Crippen molar-refractivity contribution in [2.45, 2.75) is 46.2 Å². The molecule has 2 rings (SSSR count). The van der Waals surface area contributed by atoms with E-state index in [4.69, 9.17) is 4.52 Å². The van der Waals surface area contributed by atoms with Gasteiger partial charge in [-0.05, 0) is 24.8 Å². The van der Waals surface area contributed by atoms with Crippen molar-refractivity contribution in [3.8, 4) is 0 Å². The van der Waals surface area contributed by atoms with Gasteiger partial charge in [0.2, 0.25) is 5.89 Å². The molecule has 102 valence electrons. The predicted molar refractivity (Wildman–Crippen MR) is 67.9 cm³/mol. The highest BCUT2D eigenvalue weighted by molar-refractivity contribution is 4.91. The Kier molecular flexibility index (Phi) is 4.35. The minimum atomic E-state index is 0.206. The second kappa shape index (κ2) is 5.80. The van der Waals surface area contributed by atoms with Crippen LogP contribution in [-0.4, -0.2) is 39.3 Å². The average molecular weight is 253 g/mol. The molecule has 1 aliphatic rings. The average Bonchev–Trinajstić information content (AvgIpc) is 2.86. The fraction of sp³-hybridized carbons (Fsp3) is 0.846. The molecule has 5 nitrogen and oxygen atoms in total. The Morgan fingerprint density at radius 1 is 1.50 bits per heavy atom. The number of nitrogens with zero attached hydrogens (tertiary/aromatic N) is 3. The Morgan fingerprint density at radius 3 is 2.94 bits per heavy atom. The first-order chi connectivity index (χ1) is 8.60. The standard InChI is InChI=1S/C13H23N3O2/c1-9(2)6-13-14-12(15-18-13)7-16-5-4-10(3)11(16)8-17/h9-11,17H,4-8H2,1-3H3. The van der Waals surface area contributed by atoms with Gasteiger partial charge in [0, 0.05) is 12.5 Å². The predicted octanol–water partition coefficient (Wildman–Crippen LogP) is 1.47. The molecular formula is C13H23N3O2. The van der Waals surface area contributed by atoms with E-state index in [1.54, 1.807) is 0 Å². The number of aliphatic hydroxyl groups is 1. The summed E-state index contributed by atoms with van der Waals surface area (Å²) in [7, 11) is 0. The second-order valence-electron chi connectivity index (χ2n) is 5.69. The summed E-state index contributed by atoms with van der Waals surface area (Å²) in [6.45, 7) is 8.33. The van der Waals surface area contributed by atoms with E-state index in [-0.39, 0.29) is 12.6 Å². The van der Waals surface area contributed by atoms with Gasteiger partial charge in [-0.1, -0.05) is 25.9 Å². The smallest absolute Gasteiger partial charge is 0.226 e. The van der Waals surface area contributed by atoms with Crippen LogP contribution in [0.1, 0.15) is 38.9 Å². The van der Waals surface area contributed by atoms with Crippen molar-refractivity contribution in [1.29, 1.82) is 0 Å². The fourth-order valence-electron chi connectivity index (χ4n) is 2.55. The Balaban J connectivity index is 1.95. The molecule has 0 bridgehead atoms. The zero-order chi connectivity index (χ0) is 13.1. The van der Waals surface area contributed by atoms with Crippen molar-refractivity contribution in [1.82, 2.24) is 15.0 Å². The summed E-state index contributed by atoms with van der Waals surface area (Å²) in [4.78, 5) is 6.65.